The van der Waals surface area contributed by atoms with Crippen LogP contribution in [-0.4, -0.2) is 75.1 Å². The zero-order valence-corrected chi connectivity index (χ0v) is 49.2. The number of ether oxygens (including phenoxy) is 4. The minimum atomic E-state index is -4.88. The van der Waals surface area contributed by atoms with Gasteiger partial charge in [-0.05, 0) is 38.1 Å². The van der Waals surface area contributed by atoms with E-state index in [1.165, 1.54) is 74.5 Å². The van der Waals surface area contributed by atoms with E-state index in [-0.39, 0.29) is 218 Å². The molecule has 4 aromatic rings. The molecule has 0 fully saturated rings. The summed E-state index contributed by atoms with van der Waals surface area (Å²) >= 11 is 0. The van der Waals surface area contributed by atoms with Crippen LogP contribution < -0.4 is 181 Å². The van der Waals surface area contributed by atoms with Crippen LogP contribution in [0.3, 0.4) is 0 Å². The fraction of sp³-hybridized carbons (Fsp3) is 0.0526. The standard InChI is InChI=1S/C20H17O7S.C18H13O7S.2K.2Na.2O3S/c1-12(2)19(21)26-15-7-5-14(6-8-15)17-10-9-16(27-20(22)13(3)4)11-18(17)28(23,24)25;1-3-17(19)24-13-7-5-12(6-8-13)15-10-9-14(25-18(20)4-2)11-16(15)26(21,22)23;;;;;2*1-4(2)3/h5,7-11H,1,3H2,2,4H3,(H,23,24,25);3-5,7-11H,1-2H2,(H,21,22,23);;;;;;/q2*-1;4*+1;;/p-2. The number of benzene rings is 4. The van der Waals surface area contributed by atoms with Crippen molar-refractivity contribution in [3.63, 3.8) is 0 Å². The number of esters is 4. The summed E-state index contributed by atoms with van der Waals surface area (Å²) in [6, 6.07) is 21.0. The van der Waals surface area contributed by atoms with E-state index in [4.69, 9.17) is 44.2 Å². The van der Waals surface area contributed by atoms with Crippen LogP contribution in [0.25, 0.3) is 22.3 Å². The van der Waals surface area contributed by atoms with Gasteiger partial charge >= 0.3 is 207 Å². The maximum absolute atomic E-state index is 11.7. The predicted molar refractivity (Wildman–Crippen MR) is 209 cm³/mol. The quantitative estimate of drug-likeness (QED) is 0.0318. The van der Waals surface area contributed by atoms with Crippen LogP contribution in [-0.2, 0) is 60.6 Å². The van der Waals surface area contributed by atoms with Crippen molar-refractivity contribution >= 4 is 65.3 Å². The van der Waals surface area contributed by atoms with Gasteiger partial charge in [-0.3, -0.25) is 0 Å². The van der Waals surface area contributed by atoms with E-state index in [0.29, 0.717) is 0 Å². The number of hydrogen-bond acceptors (Lipinski definition) is 20. The van der Waals surface area contributed by atoms with Gasteiger partial charge in [-0.1, -0.05) is 49.6 Å². The van der Waals surface area contributed by atoms with Crippen LogP contribution in [0, 0.1) is 12.1 Å². The molecular formula is C38H28K2Na2O20S4. The Morgan fingerprint density at radius 1 is 0.545 bits per heavy atom. The molecule has 0 aromatic heterocycles. The minimum Gasteiger partial charge on any atom is -0.745 e. The van der Waals surface area contributed by atoms with Crippen LogP contribution in [0.5, 0.6) is 23.0 Å². The molecule has 4 rings (SSSR count). The molecule has 0 saturated heterocycles. The van der Waals surface area contributed by atoms with Gasteiger partial charge in [0, 0.05) is 44.6 Å². The molecule has 0 amide bonds. The Kier molecular flexibility index (Phi) is 36.8. The maximum atomic E-state index is 11.7. The first-order valence-corrected chi connectivity index (χ1v) is 20.7. The van der Waals surface area contributed by atoms with Crippen molar-refractivity contribution in [3.8, 4) is 45.3 Å². The van der Waals surface area contributed by atoms with Crippen molar-refractivity contribution < 1.29 is 251 Å². The van der Waals surface area contributed by atoms with Crippen molar-refractivity contribution in [2.24, 2.45) is 0 Å². The average Bonchev–Trinajstić information content (AvgIpc) is 3.17. The number of rotatable bonds is 12. The third-order valence-corrected chi connectivity index (χ3v) is 8.23. The molecule has 0 unspecified atom stereocenters. The zero-order valence-electron chi connectivity index (χ0n) is 35.7. The SMILES string of the molecule is C=C(C)C(=O)Oc1c[c-]c(-c2ccc(OC(=O)C(=C)C)cc2S(=O)(=O)[O-])cc1.C=CC(=O)Oc1c[c-]c(-c2ccc(OC(=O)C=C)cc2S(=O)(=O)[O-])cc1.O=S(=O)=O.O=S(=O)=O.[K+].[K+].[Na+].[Na+]. The van der Waals surface area contributed by atoms with Crippen LogP contribution in [0.4, 0.5) is 0 Å². The molecule has 328 valence electrons. The van der Waals surface area contributed by atoms with Crippen LogP contribution in [0.15, 0.2) is 132 Å². The number of carbonyl (C=O) groups is 4. The van der Waals surface area contributed by atoms with E-state index in [1.807, 2.05) is 0 Å². The molecule has 0 aliphatic carbocycles. The minimum absolute atomic E-state index is 0. The third kappa shape index (κ3) is 27.3. The zero-order chi connectivity index (χ0) is 47.5. The number of carbonyl (C=O) groups excluding carboxylic acids is 4. The van der Waals surface area contributed by atoms with Gasteiger partial charge in [-0.25, -0.2) is 36.0 Å². The summed E-state index contributed by atoms with van der Waals surface area (Å²) in [5, 5.41) is 0. The van der Waals surface area contributed by atoms with Crippen molar-refractivity contribution in [1.82, 2.24) is 0 Å². The smallest absolute Gasteiger partial charge is 0.745 e. The molecule has 0 N–H and O–H groups in total. The Morgan fingerprint density at radius 3 is 1.09 bits per heavy atom. The van der Waals surface area contributed by atoms with Gasteiger partial charge in [0.1, 0.15) is 31.7 Å². The second-order valence-corrected chi connectivity index (χ2v) is 14.6. The van der Waals surface area contributed by atoms with Crippen molar-refractivity contribution in [2.45, 2.75) is 23.6 Å². The fourth-order valence-electron chi connectivity index (χ4n) is 3.98. The molecule has 0 aliphatic heterocycles. The summed E-state index contributed by atoms with van der Waals surface area (Å²) in [4.78, 5) is 44.3. The number of hydrogen-bond donors (Lipinski definition) is 0. The Hall–Kier alpha value is -1.95. The van der Waals surface area contributed by atoms with Gasteiger partial charge in [0.25, 0.3) is 0 Å². The topological polar surface area (TPSA) is 322 Å². The van der Waals surface area contributed by atoms with Gasteiger partial charge in [-0.2, -0.15) is 0 Å². The van der Waals surface area contributed by atoms with E-state index in [0.717, 1.165) is 24.3 Å². The Balaban J connectivity index is -0.000000476. The van der Waals surface area contributed by atoms with Crippen molar-refractivity contribution in [2.75, 3.05) is 0 Å². The summed E-state index contributed by atoms with van der Waals surface area (Å²) in [6.45, 7) is 16.3. The molecular weight excluding hydrogens is 1030 g/mol. The Bertz CT molecular complexity index is 2830. The van der Waals surface area contributed by atoms with Gasteiger partial charge in [0.2, 0.25) is 0 Å². The van der Waals surface area contributed by atoms with Gasteiger partial charge in [0.15, 0.2) is 0 Å². The average molecular weight is 1060 g/mol. The first kappa shape index (κ1) is 70.6. The maximum Gasteiger partial charge on any atom is 1.00 e. The molecule has 0 saturated carbocycles. The van der Waals surface area contributed by atoms with E-state index >= 15 is 0 Å². The molecule has 0 aliphatic rings. The van der Waals surface area contributed by atoms with Gasteiger partial charge < -0.3 is 28.1 Å². The normalized spacial score (nSPS) is 9.52. The van der Waals surface area contributed by atoms with E-state index in [1.54, 1.807) is 0 Å². The largest absolute Gasteiger partial charge is 1.00 e. The first-order chi connectivity index (χ1) is 28.7. The van der Waals surface area contributed by atoms with Crippen LogP contribution in [0.1, 0.15) is 13.8 Å². The van der Waals surface area contributed by atoms with E-state index < -0.39 is 75.1 Å². The molecule has 0 spiro atoms. The monoisotopic (exact) mass is 1060 g/mol. The molecule has 28 heteroatoms. The second-order valence-electron chi connectivity index (χ2n) is 11.1. The van der Waals surface area contributed by atoms with Crippen LogP contribution >= 0.6 is 0 Å². The summed E-state index contributed by atoms with van der Waals surface area (Å²) in [6.07, 6.45) is 1.88. The molecule has 0 radical (unpaired) electrons. The van der Waals surface area contributed by atoms with Crippen LogP contribution in [0.2, 0.25) is 0 Å². The van der Waals surface area contributed by atoms with E-state index in [9.17, 15) is 45.1 Å². The summed E-state index contributed by atoms with van der Waals surface area (Å²) in [5.74, 6) is -2.72. The summed E-state index contributed by atoms with van der Waals surface area (Å²) < 4.78 is 140. The molecule has 0 heterocycles. The van der Waals surface area contributed by atoms with Gasteiger partial charge in [-0.15, -0.1) is 84.9 Å². The summed E-state index contributed by atoms with van der Waals surface area (Å²) in [5.41, 5.74) is 0.970. The Morgan fingerprint density at radius 2 is 0.818 bits per heavy atom. The first-order valence-electron chi connectivity index (χ1n) is 15.9. The van der Waals surface area contributed by atoms with Crippen molar-refractivity contribution in [3.05, 3.63) is 135 Å². The molecule has 66 heavy (non-hydrogen) atoms. The molecule has 0 bridgehead atoms. The fourth-order valence-corrected chi connectivity index (χ4v) is 5.39. The van der Waals surface area contributed by atoms with E-state index in [2.05, 4.69) is 38.4 Å². The predicted octanol–water partition coefficient (Wildman–Crippen LogP) is -8.73. The Labute approximate surface area is 511 Å². The second kappa shape index (κ2) is 34.4. The molecule has 20 nitrogen and oxygen atoms in total. The summed E-state index contributed by atoms with van der Waals surface area (Å²) in [7, 11) is -16.0. The van der Waals surface area contributed by atoms with Gasteiger partial charge in [0.05, 0.1) is 0 Å². The third-order valence-electron chi connectivity index (χ3n) is 6.48. The molecule has 0 atom stereocenters. The van der Waals surface area contributed by atoms with Crippen molar-refractivity contribution in [1.29, 1.82) is 0 Å². The molecule has 4 aromatic carbocycles.